The molecule has 0 spiro atoms. The topological polar surface area (TPSA) is 150 Å². The maximum Gasteiger partial charge on any atom is 0.240 e. The first-order valence-electron chi connectivity index (χ1n) is 17.3. The molecular formula is C38H46N8O2. The van der Waals surface area contributed by atoms with Crippen LogP contribution in [0.25, 0.3) is 44.3 Å². The molecule has 3 aromatic carbocycles. The molecule has 48 heavy (non-hydrogen) atoms. The number of nitrogens with two attached hydrogens (primary N) is 2. The molecule has 0 saturated carbocycles. The average Bonchev–Trinajstić information content (AvgIpc) is 3.91. The molecule has 2 aromatic heterocycles. The third kappa shape index (κ3) is 5.88. The number of nitrogens with one attached hydrogen (secondary N) is 2. The fraction of sp³-hybridized carbons (Fsp3) is 0.421. The smallest absolute Gasteiger partial charge is 0.240 e. The van der Waals surface area contributed by atoms with Crippen molar-refractivity contribution in [2.75, 3.05) is 13.1 Å². The van der Waals surface area contributed by atoms with E-state index in [4.69, 9.17) is 21.4 Å². The van der Waals surface area contributed by atoms with E-state index in [1.165, 1.54) is 0 Å². The summed E-state index contributed by atoms with van der Waals surface area (Å²) >= 11 is 0. The second kappa shape index (κ2) is 12.8. The molecule has 10 nitrogen and oxygen atoms in total. The monoisotopic (exact) mass is 646 g/mol. The highest BCUT2D eigenvalue weighted by molar-refractivity contribution is 5.86. The van der Waals surface area contributed by atoms with Gasteiger partial charge in [0, 0.05) is 13.1 Å². The Balaban J connectivity index is 1.09. The van der Waals surface area contributed by atoms with E-state index in [9.17, 15) is 9.59 Å². The molecule has 2 aliphatic rings. The van der Waals surface area contributed by atoms with Crippen molar-refractivity contribution in [2.24, 2.45) is 23.3 Å². The maximum atomic E-state index is 13.1. The molecule has 0 radical (unpaired) electrons. The lowest BCUT2D eigenvalue weighted by molar-refractivity contribution is -0.135. The molecule has 0 aliphatic carbocycles. The summed E-state index contributed by atoms with van der Waals surface area (Å²) in [5, 5.41) is 0. The Kier molecular flexibility index (Phi) is 8.55. The molecule has 2 amide bonds. The van der Waals surface area contributed by atoms with E-state index in [0.29, 0.717) is 13.1 Å². The minimum absolute atomic E-state index is 0.0000950. The number of aromatic nitrogens is 4. The zero-order valence-corrected chi connectivity index (χ0v) is 28.2. The van der Waals surface area contributed by atoms with E-state index in [2.05, 4.69) is 58.5 Å². The van der Waals surface area contributed by atoms with Crippen LogP contribution in [0, 0.1) is 11.8 Å². The first-order chi connectivity index (χ1) is 23.1. The number of rotatable bonds is 8. The highest BCUT2D eigenvalue weighted by atomic mass is 16.2. The van der Waals surface area contributed by atoms with Crippen molar-refractivity contribution in [1.82, 2.24) is 29.7 Å². The minimum atomic E-state index is -0.502. The van der Waals surface area contributed by atoms with Crippen LogP contribution in [0.15, 0.2) is 60.7 Å². The van der Waals surface area contributed by atoms with Gasteiger partial charge in [-0.05, 0) is 84.0 Å². The van der Waals surface area contributed by atoms with Crippen molar-refractivity contribution < 1.29 is 9.59 Å². The first-order valence-corrected chi connectivity index (χ1v) is 17.3. The van der Waals surface area contributed by atoms with Crippen LogP contribution >= 0.6 is 0 Å². The van der Waals surface area contributed by atoms with Gasteiger partial charge in [0.25, 0.3) is 0 Å². The molecule has 6 N–H and O–H groups in total. The van der Waals surface area contributed by atoms with Gasteiger partial charge in [0.1, 0.15) is 11.6 Å². The van der Waals surface area contributed by atoms with Gasteiger partial charge in [-0.2, -0.15) is 0 Å². The van der Waals surface area contributed by atoms with E-state index in [0.717, 1.165) is 81.7 Å². The predicted molar refractivity (Wildman–Crippen MR) is 190 cm³/mol. The zero-order valence-electron chi connectivity index (χ0n) is 28.2. The van der Waals surface area contributed by atoms with Crippen LogP contribution in [0.1, 0.15) is 77.1 Å². The van der Waals surface area contributed by atoms with Crippen molar-refractivity contribution in [1.29, 1.82) is 0 Å². The molecule has 2 aliphatic heterocycles. The SMILES string of the molecule is CC(C)[C@H](N)C(=O)N1CCC[C@H]1c1nc2ccc(-c3ccc(-c4ccc5nc([C@@H]6CCCN6C(=O)[C@@H](N)C(C)C)[nH]c5c4)cc3)cc2[nH]1. The van der Waals surface area contributed by atoms with Crippen LogP contribution in [-0.4, -0.2) is 66.7 Å². The summed E-state index contributed by atoms with van der Waals surface area (Å²) in [7, 11) is 0. The fourth-order valence-corrected chi connectivity index (χ4v) is 7.17. The third-order valence-electron chi connectivity index (χ3n) is 10.3. The number of aromatic amines is 2. The number of hydrogen-bond acceptors (Lipinski definition) is 6. The van der Waals surface area contributed by atoms with E-state index in [1.807, 2.05) is 49.6 Å². The lowest BCUT2D eigenvalue weighted by Crippen LogP contribution is -2.46. The van der Waals surface area contributed by atoms with E-state index >= 15 is 0 Å². The highest BCUT2D eigenvalue weighted by Gasteiger charge is 2.36. The third-order valence-corrected chi connectivity index (χ3v) is 10.3. The molecule has 5 aromatic rings. The van der Waals surface area contributed by atoms with E-state index in [1.54, 1.807) is 0 Å². The Labute approximate surface area is 281 Å². The van der Waals surface area contributed by atoms with Gasteiger partial charge >= 0.3 is 0 Å². The number of carbonyl (C=O) groups is 2. The van der Waals surface area contributed by atoms with Crippen molar-refractivity contribution in [3.63, 3.8) is 0 Å². The van der Waals surface area contributed by atoms with Crippen LogP contribution in [0.5, 0.6) is 0 Å². The molecular weight excluding hydrogens is 600 g/mol. The van der Waals surface area contributed by atoms with Crippen LogP contribution < -0.4 is 11.5 Å². The van der Waals surface area contributed by atoms with E-state index < -0.39 is 12.1 Å². The van der Waals surface area contributed by atoms with Crippen molar-refractivity contribution in [3.8, 4) is 22.3 Å². The average molecular weight is 647 g/mol. The predicted octanol–water partition coefficient (Wildman–Crippen LogP) is 6.07. The summed E-state index contributed by atoms with van der Waals surface area (Å²) in [6.07, 6.45) is 3.64. The second-order valence-corrected chi connectivity index (χ2v) is 14.2. The summed E-state index contributed by atoms with van der Waals surface area (Å²) in [5.74, 6) is 1.82. The quantitative estimate of drug-likeness (QED) is 0.161. The van der Waals surface area contributed by atoms with Crippen LogP contribution in [0.3, 0.4) is 0 Å². The normalized spacial score (nSPS) is 19.7. The van der Waals surface area contributed by atoms with Crippen molar-refractivity contribution in [2.45, 2.75) is 77.5 Å². The number of amides is 2. The highest BCUT2D eigenvalue weighted by Crippen LogP contribution is 2.35. The lowest BCUT2D eigenvalue weighted by atomic mass is 10.00. The molecule has 10 heteroatoms. The number of likely N-dealkylation sites (tertiary alicyclic amines) is 2. The fourth-order valence-electron chi connectivity index (χ4n) is 7.17. The van der Waals surface area contributed by atoms with Gasteiger partial charge in [-0.15, -0.1) is 0 Å². The molecule has 4 heterocycles. The van der Waals surface area contributed by atoms with Gasteiger partial charge in [0.15, 0.2) is 0 Å². The molecule has 250 valence electrons. The molecule has 7 rings (SSSR count). The lowest BCUT2D eigenvalue weighted by Gasteiger charge is -2.27. The molecule has 0 unspecified atom stereocenters. The number of nitrogens with zero attached hydrogens (tertiary/aromatic N) is 4. The summed E-state index contributed by atoms with van der Waals surface area (Å²) in [4.78, 5) is 46.7. The van der Waals surface area contributed by atoms with Gasteiger partial charge in [-0.25, -0.2) is 9.97 Å². The summed E-state index contributed by atoms with van der Waals surface area (Å²) in [6.45, 7) is 9.35. The Morgan fingerprint density at radius 2 is 1.02 bits per heavy atom. The molecule has 2 saturated heterocycles. The number of H-pyrrole nitrogens is 2. The summed E-state index contributed by atoms with van der Waals surface area (Å²) in [5.41, 5.74) is 20.5. The molecule has 4 atom stereocenters. The Morgan fingerprint density at radius 1 is 0.646 bits per heavy atom. The molecule has 2 fully saturated rings. The van der Waals surface area contributed by atoms with Crippen molar-refractivity contribution >= 4 is 33.9 Å². The Bertz CT molecular complexity index is 1820. The Hall–Kier alpha value is -4.54. The van der Waals surface area contributed by atoms with Gasteiger partial charge in [0.2, 0.25) is 11.8 Å². The minimum Gasteiger partial charge on any atom is -0.340 e. The molecule has 0 bridgehead atoms. The van der Waals surface area contributed by atoms with Gasteiger partial charge in [0.05, 0.1) is 46.2 Å². The zero-order chi connectivity index (χ0) is 33.7. The number of carbonyl (C=O) groups excluding carboxylic acids is 2. The van der Waals surface area contributed by atoms with Crippen LogP contribution in [-0.2, 0) is 9.59 Å². The van der Waals surface area contributed by atoms with Gasteiger partial charge in [-0.3, -0.25) is 9.59 Å². The summed E-state index contributed by atoms with van der Waals surface area (Å²) < 4.78 is 0. The summed E-state index contributed by atoms with van der Waals surface area (Å²) in [6, 6.07) is 19.9. The second-order valence-electron chi connectivity index (χ2n) is 14.2. The number of imidazole rings is 2. The number of hydrogen-bond donors (Lipinski definition) is 4. The Morgan fingerprint density at radius 3 is 1.40 bits per heavy atom. The van der Waals surface area contributed by atoms with E-state index in [-0.39, 0.29) is 35.7 Å². The van der Waals surface area contributed by atoms with Crippen LogP contribution in [0.4, 0.5) is 0 Å². The van der Waals surface area contributed by atoms with Crippen molar-refractivity contribution in [3.05, 3.63) is 72.3 Å². The van der Waals surface area contributed by atoms with Gasteiger partial charge in [-0.1, -0.05) is 64.1 Å². The first kappa shape index (κ1) is 32.0. The number of benzene rings is 3. The van der Waals surface area contributed by atoms with Crippen LogP contribution in [0.2, 0.25) is 0 Å². The largest absolute Gasteiger partial charge is 0.340 e. The standard InChI is InChI=1S/C38H46N8O2/c1-21(2)33(39)37(47)45-17-5-7-31(45)35-41-27-15-13-25(19-29(27)43-35)23-9-11-24(12-10-23)26-14-16-28-30(20-26)44-36(42-28)32-8-6-18-46(32)38(48)34(40)22(3)4/h9-16,19-22,31-34H,5-8,17-18,39-40H2,1-4H3,(H,41,43)(H,42,44)/t31-,32-,33-,34-/m0/s1. The number of fused-ring (bicyclic) bond motifs is 2. The van der Waals surface area contributed by atoms with Gasteiger partial charge < -0.3 is 31.2 Å². The maximum absolute atomic E-state index is 13.1.